The third-order valence-corrected chi connectivity index (χ3v) is 2.61. The first-order valence-electron chi connectivity index (χ1n) is 5.70. The van der Waals surface area contributed by atoms with Gasteiger partial charge in [-0.1, -0.05) is 31.4 Å². The summed E-state index contributed by atoms with van der Waals surface area (Å²) in [4.78, 5) is 11.4. The topological polar surface area (TPSA) is 55.1 Å². The Balaban J connectivity index is 2.93. The fraction of sp³-hybridized carbons (Fsp3) is 0.417. The number of carbonyl (C=O) groups is 1. The Kier molecular flexibility index (Phi) is 4.69. The number of carbonyl (C=O) groups excluding carboxylic acids is 1. The van der Waals surface area contributed by atoms with Crippen LogP contribution in [0.5, 0.6) is 0 Å². The lowest BCUT2D eigenvalue weighted by molar-refractivity contribution is -0.119. The van der Waals surface area contributed by atoms with Crippen molar-refractivity contribution in [3.63, 3.8) is 0 Å². The summed E-state index contributed by atoms with van der Waals surface area (Å²) < 4.78 is 13.7. The first-order valence-corrected chi connectivity index (χ1v) is 5.70. The molecule has 0 spiro atoms. The molecule has 0 aromatic heterocycles. The lowest BCUT2D eigenvalue weighted by Crippen LogP contribution is -2.35. The van der Waals surface area contributed by atoms with Crippen molar-refractivity contribution < 1.29 is 9.18 Å². The van der Waals surface area contributed by atoms with Crippen LogP contribution < -0.4 is 16.5 Å². The zero-order chi connectivity index (χ0) is 13.0. The predicted octanol–water partition coefficient (Wildman–Crippen LogP) is -0.349. The van der Waals surface area contributed by atoms with Crippen LogP contribution in [0.4, 0.5) is 4.39 Å². The van der Waals surface area contributed by atoms with E-state index in [-0.39, 0.29) is 11.9 Å². The highest BCUT2D eigenvalue weighted by molar-refractivity contribution is 6.32. The fourth-order valence-electron chi connectivity index (χ4n) is 1.63. The molecule has 0 aliphatic carbocycles. The van der Waals surface area contributed by atoms with E-state index in [4.69, 9.17) is 5.73 Å². The molecule has 17 heavy (non-hydrogen) atoms. The molecule has 5 heteroatoms. The average Bonchev–Trinajstić information content (AvgIpc) is 2.20. The predicted molar refractivity (Wildman–Crippen MR) is 69.7 cm³/mol. The summed E-state index contributed by atoms with van der Waals surface area (Å²) in [5.41, 5.74) is 6.50. The molecule has 0 aliphatic heterocycles. The van der Waals surface area contributed by atoms with Crippen molar-refractivity contribution >= 4 is 19.2 Å². The molecule has 0 radical (unpaired) electrons. The van der Waals surface area contributed by atoms with Crippen molar-refractivity contribution in [2.45, 2.75) is 25.8 Å². The summed E-state index contributed by atoms with van der Waals surface area (Å²) in [6.45, 7) is 4.28. The lowest BCUT2D eigenvalue weighted by Gasteiger charge is -2.17. The Morgan fingerprint density at radius 1 is 1.53 bits per heavy atom. The van der Waals surface area contributed by atoms with Crippen LogP contribution >= 0.6 is 0 Å². The summed E-state index contributed by atoms with van der Waals surface area (Å²) in [6.07, 6.45) is 0. The molecule has 3 N–H and O–H groups in total. The summed E-state index contributed by atoms with van der Waals surface area (Å²) in [7, 11) is 1.80. The second kappa shape index (κ2) is 5.82. The normalized spacial score (nSPS) is 12.7. The smallest absolute Gasteiger partial charge is 0.226 e. The minimum absolute atomic E-state index is 0.227. The molecule has 1 aromatic carbocycles. The minimum atomic E-state index is -0.627. The van der Waals surface area contributed by atoms with Gasteiger partial charge in [-0.25, -0.2) is 4.39 Å². The van der Waals surface area contributed by atoms with Crippen LogP contribution in [0, 0.1) is 5.82 Å². The van der Waals surface area contributed by atoms with Crippen molar-refractivity contribution in [2.75, 3.05) is 6.54 Å². The Hall–Kier alpha value is -1.36. The van der Waals surface area contributed by atoms with Gasteiger partial charge >= 0.3 is 0 Å². The van der Waals surface area contributed by atoms with E-state index in [2.05, 4.69) is 5.32 Å². The molecule has 0 fully saturated rings. The molecule has 0 bridgehead atoms. The van der Waals surface area contributed by atoms with Gasteiger partial charge in [0.05, 0.1) is 5.92 Å². The van der Waals surface area contributed by atoms with Gasteiger partial charge in [-0.05, 0) is 6.07 Å². The van der Waals surface area contributed by atoms with Gasteiger partial charge in [0.2, 0.25) is 5.91 Å². The SMILES string of the molecule is Bc1ccc([C@@H](CNC(C)C)C(N)=O)c(F)c1. The molecular formula is C12H18BFN2O. The zero-order valence-corrected chi connectivity index (χ0v) is 10.5. The van der Waals surface area contributed by atoms with Gasteiger partial charge in [0.1, 0.15) is 13.7 Å². The van der Waals surface area contributed by atoms with Crippen LogP contribution in [-0.2, 0) is 4.79 Å². The zero-order valence-electron chi connectivity index (χ0n) is 10.5. The van der Waals surface area contributed by atoms with Crippen LogP contribution in [0.25, 0.3) is 0 Å². The van der Waals surface area contributed by atoms with Crippen LogP contribution in [-0.4, -0.2) is 26.3 Å². The van der Waals surface area contributed by atoms with Crippen LogP contribution in [0.2, 0.25) is 0 Å². The fourth-order valence-corrected chi connectivity index (χ4v) is 1.63. The molecule has 0 heterocycles. The second-order valence-corrected chi connectivity index (χ2v) is 4.54. The average molecular weight is 236 g/mol. The summed E-state index contributed by atoms with van der Waals surface area (Å²) in [5.74, 6) is -1.52. The third kappa shape index (κ3) is 3.86. The van der Waals surface area contributed by atoms with Crippen LogP contribution in [0.15, 0.2) is 18.2 Å². The first kappa shape index (κ1) is 13.7. The molecule has 1 amide bonds. The Morgan fingerprint density at radius 3 is 2.65 bits per heavy atom. The molecule has 1 atom stereocenters. The number of amides is 1. The van der Waals surface area contributed by atoms with Crippen LogP contribution in [0.3, 0.4) is 0 Å². The van der Waals surface area contributed by atoms with Crippen molar-refractivity contribution in [1.82, 2.24) is 5.32 Å². The van der Waals surface area contributed by atoms with Crippen LogP contribution in [0.1, 0.15) is 25.3 Å². The Bertz CT molecular complexity index is 409. The van der Waals surface area contributed by atoms with Gasteiger partial charge in [-0.15, -0.1) is 0 Å². The molecular weight excluding hydrogens is 218 g/mol. The summed E-state index contributed by atoms with van der Waals surface area (Å²) in [5, 5.41) is 3.10. The number of rotatable bonds is 5. The third-order valence-electron chi connectivity index (χ3n) is 2.61. The molecule has 0 saturated heterocycles. The molecule has 1 rings (SSSR count). The number of hydrogen-bond donors (Lipinski definition) is 2. The highest BCUT2D eigenvalue weighted by Crippen LogP contribution is 2.17. The molecule has 0 aliphatic rings. The number of nitrogens with two attached hydrogens (primary N) is 1. The van der Waals surface area contributed by atoms with Gasteiger partial charge in [0.25, 0.3) is 0 Å². The number of primary amides is 1. The molecule has 1 aromatic rings. The van der Waals surface area contributed by atoms with E-state index in [9.17, 15) is 9.18 Å². The first-order chi connectivity index (χ1) is 7.91. The minimum Gasteiger partial charge on any atom is -0.369 e. The van der Waals surface area contributed by atoms with Gasteiger partial charge in [0.15, 0.2) is 0 Å². The number of halogens is 1. The van der Waals surface area contributed by atoms with Gasteiger partial charge in [-0.3, -0.25) is 4.79 Å². The molecule has 0 saturated carbocycles. The van der Waals surface area contributed by atoms with E-state index in [0.717, 1.165) is 5.46 Å². The largest absolute Gasteiger partial charge is 0.369 e. The number of benzene rings is 1. The second-order valence-electron chi connectivity index (χ2n) is 4.54. The van der Waals surface area contributed by atoms with Gasteiger partial charge < -0.3 is 11.1 Å². The quantitative estimate of drug-likeness (QED) is 0.686. The van der Waals surface area contributed by atoms with Crippen molar-refractivity contribution in [3.8, 4) is 0 Å². The highest BCUT2D eigenvalue weighted by atomic mass is 19.1. The van der Waals surface area contributed by atoms with Gasteiger partial charge in [-0.2, -0.15) is 0 Å². The van der Waals surface area contributed by atoms with Crippen molar-refractivity contribution in [1.29, 1.82) is 0 Å². The summed E-state index contributed by atoms with van der Waals surface area (Å²) in [6, 6.07) is 5.05. The maximum atomic E-state index is 13.7. The summed E-state index contributed by atoms with van der Waals surface area (Å²) >= 11 is 0. The lowest BCUT2D eigenvalue weighted by atomic mass is 9.90. The molecule has 3 nitrogen and oxygen atoms in total. The van der Waals surface area contributed by atoms with E-state index in [1.54, 1.807) is 20.0 Å². The van der Waals surface area contributed by atoms with Crippen molar-refractivity contribution in [3.05, 3.63) is 29.6 Å². The maximum absolute atomic E-state index is 13.7. The van der Waals surface area contributed by atoms with E-state index in [0.29, 0.717) is 12.1 Å². The Labute approximate surface area is 102 Å². The monoisotopic (exact) mass is 236 g/mol. The Morgan fingerprint density at radius 2 is 2.18 bits per heavy atom. The number of nitrogens with one attached hydrogen (secondary N) is 1. The van der Waals surface area contributed by atoms with E-state index in [1.807, 2.05) is 13.8 Å². The van der Waals surface area contributed by atoms with Crippen molar-refractivity contribution in [2.24, 2.45) is 5.73 Å². The van der Waals surface area contributed by atoms with Gasteiger partial charge in [0, 0.05) is 18.2 Å². The van der Waals surface area contributed by atoms with E-state index in [1.165, 1.54) is 6.07 Å². The highest BCUT2D eigenvalue weighted by Gasteiger charge is 2.21. The molecule has 92 valence electrons. The molecule has 0 unspecified atom stereocenters. The standard InChI is InChI=1S/C12H18BFN2O/c1-7(2)16-6-10(12(15)17)9-4-3-8(13)5-11(9)14/h3-5,7,10,16H,6,13H2,1-2H3,(H2,15,17)/t10-/m1/s1. The van der Waals surface area contributed by atoms with E-state index < -0.39 is 11.8 Å². The number of hydrogen-bond acceptors (Lipinski definition) is 2. The maximum Gasteiger partial charge on any atom is 0.226 e. The van der Waals surface area contributed by atoms with E-state index >= 15 is 0 Å².